The Morgan fingerprint density at radius 1 is 1.47 bits per heavy atom. The van der Waals surface area contributed by atoms with E-state index in [4.69, 9.17) is 9.84 Å². The summed E-state index contributed by atoms with van der Waals surface area (Å²) >= 11 is 3.25. The summed E-state index contributed by atoms with van der Waals surface area (Å²) in [6, 6.07) is 3.84. The van der Waals surface area contributed by atoms with Crippen LogP contribution in [0.2, 0.25) is 0 Å². The van der Waals surface area contributed by atoms with Gasteiger partial charge in [0.25, 0.3) is 5.91 Å². The molecule has 0 spiro atoms. The highest BCUT2D eigenvalue weighted by atomic mass is 79.9. The van der Waals surface area contributed by atoms with E-state index in [2.05, 4.69) is 21.2 Å². The molecule has 0 heterocycles. The predicted molar refractivity (Wildman–Crippen MR) is 65.3 cm³/mol. The highest BCUT2D eigenvalue weighted by Crippen LogP contribution is 2.25. The van der Waals surface area contributed by atoms with Gasteiger partial charge in [0.15, 0.2) is 0 Å². The number of hydrogen-bond donors (Lipinski definition) is 2. The molecule has 6 heteroatoms. The topological polar surface area (TPSA) is 75.6 Å². The number of carboxylic acids is 1. The molecule has 1 amide bonds. The van der Waals surface area contributed by atoms with Crippen LogP contribution in [-0.4, -0.2) is 30.1 Å². The van der Waals surface area contributed by atoms with E-state index in [1.807, 2.05) is 0 Å². The Hall–Kier alpha value is -1.56. The molecule has 0 saturated carbocycles. The molecule has 0 fully saturated rings. The number of amides is 1. The lowest BCUT2D eigenvalue weighted by Crippen LogP contribution is -2.38. The number of ether oxygens (including phenoxy) is 1. The van der Waals surface area contributed by atoms with Gasteiger partial charge in [-0.05, 0) is 41.1 Å². The highest BCUT2D eigenvalue weighted by molar-refractivity contribution is 9.10. The summed E-state index contributed by atoms with van der Waals surface area (Å²) < 4.78 is 5.66. The number of methoxy groups -OCH3 is 1. The van der Waals surface area contributed by atoms with E-state index in [0.717, 1.165) is 0 Å². The van der Waals surface area contributed by atoms with Crippen molar-refractivity contribution in [1.29, 1.82) is 0 Å². The minimum Gasteiger partial charge on any atom is -0.496 e. The lowest BCUT2D eigenvalue weighted by atomic mass is 10.2. The van der Waals surface area contributed by atoms with Crippen molar-refractivity contribution < 1.29 is 19.4 Å². The average Bonchev–Trinajstić information content (AvgIpc) is 2.28. The summed E-state index contributed by atoms with van der Waals surface area (Å²) in [6.45, 7) is 1.40. The molecule has 1 aromatic rings. The molecular weight excluding hydrogens is 290 g/mol. The van der Waals surface area contributed by atoms with Gasteiger partial charge in [0.2, 0.25) is 0 Å². The second kappa shape index (κ2) is 5.67. The standard InChI is InChI=1S/C11H12BrNO4/c1-6(11(15)16)13-10(14)7-3-4-9(17-2)8(12)5-7/h3-6H,1-2H3,(H,13,14)(H,15,16)/t6-/m0/s1. The Balaban J connectivity index is 2.83. The van der Waals surface area contributed by atoms with E-state index >= 15 is 0 Å². The Labute approximate surface area is 107 Å². The summed E-state index contributed by atoms with van der Waals surface area (Å²) in [4.78, 5) is 22.3. The quantitative estimate of drug-likeness (QED) is 0.887. The SMILES string of the molecule is COc1ccc(C(=O)N[C@@H](C)C(=O)O)cc1Br. The van der Waals surface area contributed by atoms with Gasteiger partial charge in [-0.15, -0.1) is 0 Å². The van der Waals surface area contributed by atoms with Crippen LogP contribution < -0.4 is 10.1 Å². The molecule has 2 N–H and O–H groups in total. The second-order valence-electron chi connectivity index (χ2n) is 3.38. The molecule has 92 valence electrons. The first-order chi connectivity index (χ1) is 7.95. The summed E-state index contributed by atoms with van der Waals surface area (Å²) in [7, 11) is 1.52. The number of halogens is 1. The Morgan fingerprint density at radius 3 is 2.59 bits per heavy atom. The van der Waals surface area contributed by atoms with Crippen molar-refractivity contribution >= 4 is 27.8 Å². The van der Waals surface area contributed by atoms with Gasteiger partial charge in [-0.25, -0.2) is 0 Å². The van der Waals surface area contributed by atoms with Crippen LogP contribution in [0.1, 0.15) is 17.3 Å². The van der Waals surface area contributed by atoms with Crippen LogP contribution in [0, 0.1) is 0 Å². The molecule has 1 atom stereocenters. The van der Waals surface area contributed by atoms with Gasteiger partial charge in [0.05, 0.1) is 11.6 Å². The first-order valence-corrected chi connectivity index (χ1v) is 5.62. The molecule has 1 aromatic carbocycles. The Morgan fingerprint density at radius 2 is 2.12 bits per heavy atom. The van der Waals surface area contributed by atoms with Crippen molar-refractivity contribution in [1.82, 2.24) is 5.32 Å². The number of benzene rings is 1. The van der Waals surface area contributed by atoms with E-state index in [1.165, 1.54) is 14.0 Å². The fourth-order valence-corrected chi connectivity index (χ4v) is 1.69. The number of aliphatic carboxylic acids is 1. The third kappa shape index (κ3) is 3.45. The fourth-order valence-electron chi connectivity index (χ4n) is 1.15. The van der Waals surface area contributed by atoms with Crippen molar-refractivity contribution in [3.63, 3.8) is 0 Å². The molecule has 5 nitrogen and oxygen atoms in total. The van der Waals surface area contributed by atoms with Crippen molar-refractivity contribution in [2.45, 2.75) is 13.0 Å². The van der Waals surface area contributed by atoms with Gasteiger partial charge in [-0.1, -0.05) is 0 Å². The number of carboxylic acid groups (broad SMARTS) is 1. The predicted octanol–water partition coefficient (Wildman–Crippen LogP) is 1.66. The van der Waals surface area contributed by atoms with Crippen LogP contribution in [0.5, 0.6) is 5.75 Å². The molecule has 0 bridgehead atoms. The zero-order chi connectivity index (χ0) is 13.0. The number of carbonyl (C=O) groups is 2. The number of nitrogens with one attached hydrogen (secondary N) is 1. The van der Waals surface area contributed by atoms with Gasteiger partial charge in [0, 0.05) is 5.56 Å². The van der Waals surface area contributed by atoms with Crippen molar-refractivity contribution in [3.8, 4) is 5.75 Å². The maximum Gasteiger partial charge on any atom is 0.325 e. The normalized spacial score (nSPS) is 11.7. The van der Waals surface area contributed by atoms with Crippen LogP contribution in [0.15, 0.2) is 22.7 Å². The molecule has 0 saturated heterocycles. The number of hydrogen-bond acceptors (Lipinski definition) is 3. The van der Waals surface area contributed by atoms with Crippen molar-refractivity contribution in [3.05, 3.63) is 28.2 Å². The third-order valence-electron chi connectivity index (χ3n) is 2.13. The van der Waals surface area contributed by atoms with E-state index in [1.54, 1.807) is 18.2 Å². The average molecular weight is 302 g/mol. The van der Waals surface area contributed by atoms with Crippen LogP contribution in [0.25, 0.3) is 0 Å². The molecule has 0 aliphatic rings. The minimum atomic E-state index is -1.08. The molecule has 0 radical (unpaired) electrons. The zero-order valence-electron chi connectivity index (χ0n) is 9.36. The number of rotatable bonds is 4. The van der Waals surface area contributed by atoms with Crippen LogP contribution in [0.3, 0.4) is 0 Å². The summed E-state index contributed by atoms with van der Waals surface area (Å²) in [5.74, 6) is -0.915. The summed E-state index contributed by atoms with van der Waals surface area (Å²) in [5.41, 5.74) is 0.366. The Bertz CT molecular complexity index is 447. The minimum absolute atomic E-state index is 0.366. The van der Waals surface area contributed by atoms with Gasteiger partial charge in [-0.3, -0.25) is 9.59 Å². The van der Waals surface area contributed by atoms with Crippen molar-refractivity contribution in [2.24, 2.45) is 0 Å². The van der Waals surface area contributed by atoms with E-state index < -0.39 is 17.9 Å². The van der Waals surface area contributed by atoms with E-state index in [-0.39, 0.29) is 0 Å². The highest BCUT2D eigenvalue weighted by Gasteiger charge is 2.15. The lowest BCUT2D eigenvalue weighted by molar-refractivity contribution is -0.138. The maximum atomic E-state index is 11.7. The van der Waals surface area contributed by atoms with Gasteiger partial charge < -0.3 is 15.2 Å². The first-order valence-electron chi connectivity index (χ1n) is 4.83. The maximum absolute atomic E-state index is 11.7. The van der Waals surface area contributed by atoms with Crippen molar-refractivity contribution in [2.75, 3.05) is 7.11 Å². The smallest absolute Gasteiger partial charge is 0.325 e. The summed E-state index contributed by atoms with van der Waals surface area (Å²) in [5, 5.41) is 11.0. The van der Waals surface area contributed by atoms with Crippen LogP contribution in [0.4, 0.5) is 0 Å². The molecular formula is C11H12BrNO4. The van der Waals surface area contributed by atoms with E-state index in [0.29, 0.717) is 15.8 Å². The number of carbonyl (C=O) groups excluding carboxylic acids is 1. The third-order valence-corrected chi connectivity index (χ3v) is 2.75. The molecule has 17 heavy (non-hydrogen) atoms. The largest absolute Gasteiger partial charge is 0.496 e. The summed E-state index contributed by atoms with van der Waals surface area (Å²) in [6.07, 6.45) is 0. The Kier molecular flexibility index (Phi) is 4.51. The van der Waals surface area contributed by atoms with Gasteiger partial charge in [-0.2, -0.15) is 0 Å². The molecule has 0 aliphatic heterocycles. The first kappa shape index (κ1) is 13.5. The fraction of sp³-hybridized carbons (Fsp3) is 0.273. The van der Waals surface area contributed by atoms with Crippen LogP contribution >= 0.6 is 15.9 Å². The van der Waals surface area contributed by atoms with Crippen LogP contribution in [-0.2, 0) is 4.79 Å². The molecule has 0 aromatic heterocycles. The van der Waals surface area contributed by atoms with E-state index in [9.17, 15) is 9.59 Å². The lowest BCUT2D eigenvalue weighted by Gasteiger charge is -2.10. The molecule has 0 aliphatic carbocycles. The van der Waals surface area contributed by atoms with Gasteiger partial charge >= 0.3 is 5.97 Å². The molecule has 0 unspecified atom stereocenters. The van der Waals surface area contributed by atoms with Gasteiger partial charge in [0.1, 0.15) is 11.8 Å². The second-order valence-corrected chi connectivity index (χ2v) is 4.24. The monoisotopic (exact) mass is 301 g/mol. The molecule has 1 rings (SSSR count). The zero-order valence-corrected chi connectivity index (χ0v) is 10.9.